The third-order valence-corrected chi connectivity index (χ3v) is 4.80. The smallest absolute Gasteiger partial charge is 0.271 e. The summed E-state index contributed by atoms with van der Waals surface area (Å²) in [5.74, 6) is 0.451. The standard InChI is InChI=1S/C25H19ClN2O2/c26-23-7-3-6-22(15-23)25(29)28-27-16-18-9-12-24(13-10-18)30-17-19-8-11-20-4-1-2-5-21(20)14-19/h1-16H,17H2,(H,28,29)/b27-16-. The zero-order chi connectivity index (χ0) is 20.8. The second-order valence-corrected chi connectivity index (χ2v) is 7.19. The molecule has 0 saturated heterocycles. The molecule has 0 aliphatic heterocycles. The van der Waals surface area contributed by atoms with Crippen molar-refractivity contribution in [3.05, 3.63) is 113 Å². The van der Waals surface area contributed by atoms with Crippen molar-refractivity contribution >= 4 is 34.5 Å². The van der Waals surface area contributed by atoms with Crippen LogP contribution in [0.1, 0.15) is 21.5 Å². The Morgan fingerprint density at radius 3 is 2.50 bits per heavy atom. The van der Waals surface area contributed by atoms with E-state index in [9.17, 15) is 4.79 Å². The number of nitrogens with one attached hydrogen (secondary N) is 1. The Balaban J connectivity index is 1.32. The monoisotopic (exact) mass is 414 g/mol. The lowest BCUT2D eigenvalue weighted by atomic mass is 10.1. The van der Waals surface area contributed by atoms with Crippen molar-refractivity contribution in [2.75, 3.05) is 0 Å². The molecule has 0 spiro atoms. The molecule has 148 valence electrons. The third kappa shape index (κ3) is 5.04. The fourth-order valence-corrected chi connectivity index (χ4v) is 3.20. The van der Waals surface area contributed by atoms with E-state index in [4.69, 9.17) is 16.3 Å². The Kier molecular flexibility index (Phi) is 6.06. The highest BCUT2D eigenvalue weighted by Crippen LogP contribution is 2.18. The number of carbonyl (C=O) groups excluding carboxylic acids is 1. The number of amides is 1. The minimum absolute atomic E-state index is 0.316. The second-order valence-electron chi connectivity index (χ2n) is 6.75. The summed E-state index contributed by atoms with van der Waals surface area (Å²) in [6.07, 6.45) is 1.58. The van der Waals surface area contributed by atoms with Gasteiger partial charge >= 0.3 is 0 Å². The number of halogens is 1. The highest BCUT2D eigenvalue weighted by atomic mass is 35.5. The van der Waals surface area contributed by atoms with Crippen LogP contribution in [0.25, 0.3) is 10.8 Å². The summed E-state index contributed by atoms with van der Waals surface area (Å²) in [4.78, 5) is 12.0. The molecule has 0 saturated carbocycles. The molecule has 0 aromatic heterocycles. The normalized spacial score (nSPS) is 11.0. The summed E-state index contributed by atoms with van der Waals surface area (Å²) >= 11 is 5.89. The summed E-state index contributed by atoms with van der Waals surface area (Å²) in [5.41, 5.74) is 4.91. The number of hydrogen-bond donors (Lipinski definition) is 1. The van der Waals surface area contributed by atoms with Crippen molar-refractivity contribution in [2.24, 2.45) is 5.10 Å². The number of nitrogens with zero attached hydrogens (tertiary/aromatic N) is 1. The van der Waals surface area contributed by atoms with E-state index in [0.29, 0.717) is 17.2 Å². The van der Waals surface area contributed by atoms with E-state index in [1.807, 2.05) is 36.4 Å². The van der Waals surface area contributed by atoms with Gasteiger partial charge in [-0.1, -0.05) is 54.1 Å². The van der Waals surface area contributed by atoms with Crippen LogP contribution in [0, 0.1) is 0 Å². The van der Waals surface area contributed by atoms with Crippen LogP contribution < -0.4 is 10.2 Å². The van der Waals surface area contributed by atoms with Crippen LogP contribution in [0.15, 0.2) is 96.1 Å². The molecule has 0 aliphatic rings. The van der Waals surface area contributed by atoms with Crippen LogP contribution in [-0.4, -0.2) is 12.1 Å². The Labute approximate surface area is 179 Å². The molecule has 0 atom stereocenters. The predicted molar refractivity (Wildman–Crippen MR) is 121 cm³/mol. The van der Waals surface area contributed by atoms with Crippen LogP contribution in [0.2, 0.25) is 5.02 Å². The van der Waals surface area contributed by atoms with Gasteiger partial charge in [0.05, 0.1) is 6.21 Å². The first-order valence-corrected chi connectivity index (χ1v) is 9.85. The van der Waals surface area contributed by atoms with Gasteiger partial charge in [-0.05, 0) is 70.4 Å². The second kappa shape index (κ2) is 9.25. The average Bonchev–Trinajstić information content (AvgIpc) is 2.78. The summed E-state index contributed by atoms with van der Waals surface area (Å²) in [6, 6.07) is 28.8. The van der Waals surface area contributed by atoms with Crippen molar-refractivity contribution in [2.45, 2.75) is 6.61 Å². The van der Waals surface area contributed by atoms with E-state index in [1.54, 1.807) is 30.5 Å². The first-order valence-electron chi connectivity index (χ1n) is 9.47. The number of rotatable bonds is 6. The van der Waals surface area contributed by atoms with E-state index in [-0.39, 0.29) is 5.91 Å². The van der Waals surface area contributed by atoms with Gasteiger partial charge in [0, 0.05) is 10.6 Å². The molecule has 4 nitrogen and oxygen atoms in total. The lowest BCUT2D eigenvalue weighted by Gasteiger charge is -2.07. The minimum atomic E-state index is -0.316. The van der Waals surface area contributed by atoms with Gasteiger partial charge in [0.1, 0.15) is 12.4 Å². The molecule has 0 unspecified atom stereocenters. The van der Waals surface area contributed by atoms with Gasteiger partial charge in [0.25, 0.3) is 5.91 Å². The van der Waals surface area contributed by atoms with Crippen LogP contribution in [0.3, 0.4) is 0 Å². The highest BCUT2D eigenvalue weighted by molar-refractivity contribution is 6.30. The zero-order valence-corrected chi connectivity index (χ0v) is 16.8. The lowest BCUT2D eigenvalue weighted by Crippen LogP contribution is -2.17. The van der Waals surface area contributed by atoms with Crippen molar-refractivity contribution in [1.29, 1.82) is 0 Å². The number of hydrogen-bond acceptors (Lipinski definition) is 3. The number of hydrazone groups is 1. The molecule has 0 aliphatic carbocycles. The maximum atomic E-state index is 12.0. The minimum Gasteiger partial charge on any atom is -0.489 e. The maximum Gasteiger partial charge on any atom is 0.271 e. The summed E-state index contributed by atoms with van der Waals surface area (Å²) in [5, 5.41) is 6.91. The molecule has 1 amide bonds. The Bertz CT molecular complexity index is 1200. The zero-order valence-electron chi connectivity index (χ0n) is 16.1. The van der Waals surface area contributed by atoms with E-state index in [0.717, 1.165) is 16.9 Å². The van der Waals surface area contributed by atoms with Gasteiger partial charge in [-0.25, -0.2) is 5.43 Å². The Morgan fingerprint density at radius 1 is 0.900 bits per heavy atom. The Morgan fingerprint density at radius 2 is 1.70 bits per heavy atom. The van der Waals surface area contributed by atoms with E-state index in [2.05, 4.69) is 40.9 Å². The summed E-state index contributed by atoms with van der Waals surface area (Å²) in [7, 11) is 0. The molecule has 4 rings (SSSR count). The molecule has 4 aromatic carbocycles. The van der Waals surface area contributed by atoms with Crippen LogP contribution in [0.5, 0.6) is 5.75 Å². The van der Waals surface area contributed by atoms with E-state index < -0.39 is 0 Å². The van der Waals surface area contributed by atoms with Crippen molar-refractivity contribution in [1.82, 2.24) is 5.43 Å². The molecule has 30 heavy (non-hydrogen) atoms. The van der Waals surface area contributed by atoms with Gasteiger partial charge in [0.2, 0.25) is 0 Å². The van der Waals surface area contributed by atoms with Crippen LogP contribution in [0.4, 0.5) is 0 Å². The SMILES string of the molecule is O=C(N/N=C\c1ccc(OCc2ccc3ccccc3c2)cc1)c1cccc(Cl)c1. The number of ether oxygens (including phenoxy) is 1. The van der Waals surface area contributed by atoms with Gasteiger partial charge < -0.3 is 4.74 Å². The lowest BCUT2D eigenvalue weighted by molar-refractivity contribution is 0.0955. The van der Waals surface area contributed by atoms with E-state index >= 15 is 0 Å². The van der Waals surface area contributed by atoms with Crippen LogP contribution in [-0.2, 0) is 6.61 Å². The van der Waals surface area contributed by atoms with Crippen molar-refractivity contribution in [3.63, 3.8) is 0 Å². The fourth-order valence-electron chi connectivity index (χ4n) is 3.01. The van der Waals surface area contributed by atoms with Gasteiger partial charge in [-0.2, -0.15) is 5.10 Å². The van der Waals surface area contributed by atoms with Crippen molar-refractivity contribution in [3.8, 4) is 5.75 Å². The molecule has 0 fully saturated rings. The number of benzene rings is 4. The topological polar surface area (TPSA) is 50.7 Å². The Hall–Kier alpha value is -3.63. The third-order valence-electron chi connectivity index (χ3n) is 4.57. The molecular formula is C25H19ClN2O2. The molecule has 5 heteroatoms. The molecule has 0 heterocycles. The summed E-state index contributed by atoms with van der Waals surface area (Å²) < 4.78 is 5.88. The quantitative estimate of drug-likeness (QED) is 0.318. The largest absolute Gasteiger partial charge is 0.489 e. The number of fused-ring (bicyclic) bond motifs is 1. The van der Waals surface area contributed by atoms with E-state index in [1.165, 1.54) is 10.8 Å². The molecular weight excluding hydrogens is 396 g/mol. The summed E-state index contributed by atoms with van der Waals surface area (Å²) in [6.45, 7) is 0.494. The highest BCUT2D eigenvalue weighted by Gasteiger charge is 2.04. The van der Waals surface area contributed by atoms with Gasteiger partial charge in [-0.3, -0.25) is 4.79 Å². The van der Waals surface area contributed by atoms with Crippen LogP contribution >= 0.6 is 11.6 Å². The van der Waals surface area contributed by atoms with Gasteiger partial charge in [0.15, 0.2) is 0 Å². The first-order chi connectivity index (χ1) is 14.7. The molecule has 0 radical (unpaired) electrons. The molecule has 1 N–H and O–H groups in total. The van der Waals surface area contributed by atoms with Crippen molar-refractivity contribution < 1.29 is 9.53 Å². The predicted octanol–water partition coefficient (Wildman–Crippen LogP) is 5.84. The van der Waals surface area contributed by atoms with Gasteiger partial charge in [-0.15, -0.1) is 0 Å². The molecule has 0 bridgehead atoms. The first kappa shape index (κ1) is 19.7. The maximum absolute atomic E-state index is 12.0. The average molecular weight is 415 g/mol. The number of carbonyl (C=O) groups is 1. The molecule has 4 aromatic rings. The fraction of sp³-hybridized carbons (Fsp3) is 0.0400.